The van der Waals surface area contributed by atoms with Gasteiger partial charge in [0, 0.05) is 12.2 Å². The van der Waals surface area contributed by atoms with Crippen molar-refractivity contribution >= 4 is 11.8 Å². The first-order valence-electron chi connectivity index (χ1n) is 11.1. The van der Waals surface area contributed by atoms with Crippen LogP contribution in [0.15, 0.2) is 55.1 Å². The van der Waals surface area contributed by atoms with E-state index in [0.717, 1.165) is 23.8 Å². The molecule has 0 bridgehead atoms. The van der Waals surface area contributed by atoms with Gasteiger partial charge in [-0.05, 0) is 75.4 Å². The number of aryl methyl sites for hydroxylation is 1. The minimum Gasteiger partial charge on any atom is -0.473 e. The van der Waals surface area contributed by atoms with Crippen LogP contribution in [0.25, 0.3) is 6.08 Å². The Bertz CT molecular complexity index is 735. The van der Waals surface area contributed by atoms with Gasteiger partial charge in [0.15, 0.2) is 6.73 Å². The second kappa shape index (κ2) is 11.7. The van der Waals surface area contributed by atoms with Crippen molar-refractivity contribution in [3.8, 4) is 5.75 Å². The number of hydrogen-bond acceptors (Lipinski definition) is 3. The van der Waals surface area contributed by atoms with Crippen LogP contribution in [0.4, 0.5) is 5.69 Å². The first-order chi connectivity index (χ1) is 14.3. The molecule has 0 aromatic heterocycles. The number of para-hydroxylation sites is 1. The van der Waals surface area contributed by atoms with Crippen molar-refractivity contribution in [2.24, 2.45) is 5.92 Å². The summed E-state index contributed by atoms with van der Waals surface area (Å²) in [5.41, 5.74) is 3.61. The molecule has 156 valence electrons. The number of piperidine rings is 1. The van der Waals surface area contributed by atoms with Crippen LogP contribution in [-0.2, 0) is 0 Å². The Labute approximate surface area is 176 Å². The normalized spacial score (nSPS) is 16.4. The fraction of sp³-hybridized carbons (Fsp3) is 0.462. The quantitative estimate of drug-likeness (QED) is 0.373. The summed E-state index contributed by atoms with van der Waals surface area (Å²) in [5.74, 6) is 1.80. The molecule has 1 saturated heterocycles. The van der Waals surface area contributed by atoms with Gasteiger partial charge in [-0.25, -0.2) is 0 Å². The van der Waals surface area contributed by atoms with Gasteiger partial charge < -0.3 is 15.0 Å². The molecule has 3 rings (SSSR count). The Morgan fingerprint density at radius 3 is 2.69 bits per heavy atom. The van der Waals surface area contributed by atoms with E-state index in [-0.39, 0.29) is 0 Å². The van der Waals surface area contributed by atoms with Gasteiger partial charge >= 0.3 is 0 Å². The van der Waals surface area contributed by atoms with E-state index in [9.17, 15) is 0 Å². The van der Waals surface area contributed by atoms with E-state index < -0.39 is 0 Å². The third kappa shape index (κ3) is 6.93. The molecule has 3 nitrogen and oxygen atoms in total. The molecule has 1 N–H and O–H groups in total. The van der Waals surface area contributed by atoms with Crippen LogP contribution in [0.1, 0.15) is 49.7 Å². The summed E-state index contributed by atoms with van der Waals surface area (Å²) >= 11 is 0. The van der Waals surface area contributed by atoms with E-state index in [2.05, 4.69) is 60.1 Å². The summed E-state index contributed by atoms with van der Waals surface area (Å²) in [5, 5.41) is 3.53. The predicted molar refractivity (Wildman–Crippen MR) is 125 cm³/mol. The van der Waals surface area contributed by atoms with Gasteiger partial charge in [-0.15, -0.1) is 0 Å². The number of anilines is 1. The van der Waals surface area contributed by atoms with Gasteiger partial charge in [-0.2, -0.15) is 0 Å². The molecule has 1 aliphatic heterocycles. The van der Waals surface area contributed by atoms with Crippen molar-refractivity contribution < 1.29 is 4.74 Å². The van der Waals surface area contributed by atoms with Crippen molar-refractivity contribution in [2.75, 3.05) is 31.3 Å². The summed E-state index contributed by atoms with van der Waals surface area (Å²) in [6.07, 6.45) is 9.81. The molecule has 1 aliphatic rings. The molecule has 0 amide bonds. The monoisotopic (exact) mass is 392 g/mol. The fourth-order valence-corrected chi connectivity index (χ4v) is 4.07. The highest BCUT2D eigenvalue weighted by Crippen LogP contribution is 2.24. The van der Waals surface area contributed by atoms with Crippen molar-refractivity contribution in [3.63, 3.8) is 0 Å². The second-order valence-electron chi connectivity index (χ2n) is 8.17. The van der Waals surface area contributed by atoms with E-state index in [0.29, 0.717) is 6.73 Å². The summed E-state index contributed by atoms with van der Waals surface area (Å²) in [6, 6.07) is 16.7. The number of nitrogens with one attached hydrogen (secondary N) is 1. The lowest BCUT2D eigenvalue weighted by Gasteiger charge is -2.27. The van der Waals surface area contributed by atoms with E-state index >= 15 is 0 Å². The second-order valence-corrected chi connectivity index (χ2v) is 8.17. The van der Waals surface area contributed by atoms with E-state index in [1.165, 1.54) is 62.9 Å². The average Bonchev–Trinajstić information content (AvgIpc) is 2.77. The lowest BCUT2D eigenvalue weighted by molar-refractivity contribution is 0.310. The molecule has 3 heteroatoms. The highest BCUT2D eigenvalue weighted by atomic mass is 16.5. The number of rotatable bonds is 11. The Hall–Kier alpha value is -2.26. The minimum atomic E-state index is 0.556. The van der Waals surface area contributed by atoms with Crippen LogP contribution in [0, 0.1) is 12.8 Å². The molecule has 0 aliphatic carbocycles. The van der Waals surface area contributed by atoms with Crippen LogP contribution >= 0.6 is 0 Å². The summed E-state index contributed by atoms with van der Waals surface area (Å²) in [4.78, 5) is 2.35. The molecule has 2 aromatic carbocycles. The van der Waals surface area contributed by atoms with Crippen molar-refractivity contribution in [1.29, 1.82) is 0 Å². The summed E-state index contributed by atoms with van der Waals surface area (Å²) in [6.45, 7) is 10.1. The minimum absolute atomic E-state index is 0.556. The maximum absolute atomic E-state index is 6.11. The molecule has 0 radical (unpaired) electrons. The first-order valence-corrected chi connectivity index (χ1v) is 11.1. The maximum atomic E-state index is 6.11. The third-order valence-electron chi connectivity index (χ3n) is 5.84. The van der Waals surface area contributed by atoms with Crippen molar-refractivity contribution in [2.45, 2.75) is 45.4 Å². The highest BCUT2D eigenvalue weighted by Gasteiger charge is 2.13. The largest absolute Gasteiger partial charge is 0.473 e. The van der Waals surface area contributed by atoms with Crippen LogP contribution in [-0.4, -0.2) is 26.4 Å². The Balaban J connectivity index is 1.53. The Morgan fingerprint density at radius 2 is 1.93 bits per heavy atom. The SMILES string of the molecule is C=Cc1ccccc1N(CCCCCC1CCCNC1)COc1ccc(C)cc1. The topological polar surface area (TPSA) is 24.5 Å². The smallest absolute Gasteiger partial charge is 0.161 e. The van der Waals surface area contributed by atoms with Crippen LogP contribution < -0.4 is 15.0 Å². The van der Waals surface area contributed by atoms with E-state index in [1.807, 2.05) is 18.2 Å². The zero-order valence-electron chi connectivity index (χ0n) is 17.9. The highest BCUT2D eigenvalue weighted by molar-refractivity contribution is 5.66. The Morgan fingerprint density at radius 1 is 1.10 bits per heavy atom. The van der Waals surface area contributed by atoms with Gasteiger partial charge in [-0.1, -0.05) is 61.4 Å². The van der Waals surface area contributed by atoms with Gasteiger partial charge in [0.1, 0.15) is 5.75 Å². The van der Waals surface area contributed by atoms with Gasteiger partial charge in [0.2, 0.25) is 0 Å². The standard InChI is InChI=1S/C26H36N2O/c1-3-24-12-6-7-13-26(24)28(21-29-25-16-14-22(2)15-17-25)19-8-4-5-10-23-11-9-18-27-20-23/h3,6-7,12-17,23,27H,1,4-5,8-11,18-21H2,2H3. The molecule has 0 saturated carbocycles. The molecule has 1 heterocycles. The molecule has 1 fully saturated rings. The molecule has 29 heavy (non-hydrogen) atoms. The van der Waals surface area contributed by atoms with Gasteiger partial charge in [-0.3, -0.25) is 0 Å². The third-order valence-corrected chi connectivity index (χ3v) is 5.84. The van der Waals surface area contributed by atoms with Crippen molar-refractivity contribution in [3.05, 3.63) is 66.2 Å². The number of hydrogen-bond donors (Lipinski definition) is 1. The number of ether oxygens (including phenoxy) is 1. The van der Waals surface area contributed by atoms with Gasteiger partial charge in [0.25, 0.3) is 0 Å². The molecule has 1 atom stereocenters. The zero-order valence-corrected chi connectivity index (χ0v) is 17.9. The first kappa shape index (κ1) is 21.4. The number of benzene rings is 2. The van der Waals surface area contributed by atoms with Crippen molar-refractivity contribution in [1.82, 2.24) is 5.32 Å². The summed E-state index contributed by atoms with van der Waals surface area (Å²) < 4.78 is 6.11. The maximum Gasteiger partial charge on any atom is 0.161 e. The lowest BCUT2D eigenvalue weighted by Crippen LogP contribution is -2.30. The molecule has 2 aromatic rings. The molecule has 1 unspecified atom stereocenters. The van der Waals surface area contributed by atoms with Crippen LogP contribution in [0.2, 0.25) is 0 Å². The number of nitrogens with zero attached hydrogens (tertiary/aromatic N) is 1. The molecule has 0 spiro atoms. The summed E-state index contributed by atoms with van der Waals surface area (Å²) in [7, 11) is 0. The zero-order chi connectivity index (χ0) is 20.3. The predicted octanol–water partition coefficient (Wildman–Crippen LogP) is 6.04. The fourth-order valence-electron chi connectivity index (χ4n) is 4.07. The molecular formula is C26H36N2O. The van der Waals surface area contributed by atoms with Crippen LogP contribution in [0.3, 0.4) is 0 Å². The van der Waals surface area contributed by atoms with Gasteiger partial charge in [0.05, 0.1) is 0 Å². The average molecular weight is 393 g/mol. The molecular weight excluding hydrogens is 356 g/mol. The Kier molecular flexibility index (Phi) is 8.63. The lowest BCUT2D eigenvalue weighted by atomic mass is 9.93. The van der Waals surface area contributed by atoms with E-state index in [4.69, 9.17) is 4.74 Å². The van der Waals surface area contributed by atoms with E-state index in [1.54, 1.807) is 0 Å². The van der Waals surface area contributed by atoms with Crippen LogP contribution in [0.5, 0.6) is 5.75 Å². The number of unbranched alkanes of at least 4 members (excludes halogenated alkanes) is 2.